The van der Waals surface area contributed by atoms with E-state index in [1.54, 1.807) is 25.3 Å². The van der Waals surface area contributed by atoms with Crippen LogP contribution in [-0.2, 0) is 6.54 Å². The van der Waals surface area contributed by atoms with Crippen LogP contribution in [0.3, 0.4) is 0 Å². The molecule has 122 valence electrons. The molecule has 1 aromatic heterocycles. The van der Waals surface area contributed by atoms with Crippen LogP contribution in [-0.4, -0.2) is 13.0 Å². The number of halogens is 1. The minimum absolute atomic E-state index is 0.140. The van der Waals surface area contributed by atoms with Gasteiger partial charge in [-0.1, -0.05) is 30.3 Å². The van der Waals surface area contributed by atoms with E-state index in [0.29, 0.717) is 11.4 Å². The molecule has 0 bridgehead atoms. The van der Waals surface area contributed by atoms with E-state index in [2.05, 4.69) is 5.32 Å². The van der Waals surface area contributed by atoms with Crippen LogP contribution in [0.15, 0.2) is 60.7 Å². The molecule has 1 heterocycles. The van der Waals surface area contributed by atoms with Gasteiger partial charge in [-0.25, -0.2) is 4.39 Å². The van der Waals surface area contributed by atoms with E-state index in [9.17, 15) is 9.18 Å². The predicted molar refractivity (Wildman–Crippen MR) is 93.9 cm³/mol. The molecule has 5 heteroatoms. The van der Waals surface area contributed by atoms with Crippen LogP contribution in [0.1, 0.15) is 15.2 Å². The Balaban J connectivity index is 1.69. The fourth-order valence-electron chi connectivity index (χ4n) is 2.34. The van der Waals surface area contributed by atoms with Gasteiger partial charge in [0.25, 0.3) is 5.91 Å². The smallest absolute Gasteiger partial charge is 0.261 e. The molecule has 0 unspecified atom stereocenters. The summed E-state index contributed by atoms with van der Waals surface area (Å²) in [5, 5.41) is 2.90. The van der Waals surface area contributed by atoms with E-state index >= 15 is 0 Å². The first-order chi connectivity index (χ1) is 11.7. The number of amides is 1. The normalized spacial score (nSPS) is 10.4. The second kappa shape index (κ2) is 7.27. The van der Waals surface area contributed by atoms with Gasteiger partial charge < -0.3 is 10.1 Å². The molecule has 0 saturated heterocycles. The van der Waals surface area contributed by atoms with Gasteiger partial charge in [-0.15, -0.1) is 11.3 Å². The summed E-state index contributed by atoms with van der Waals surface area (Å²) in [6.45, 7) is 0.395. The average molecular weight is 341 g/mol. The first-order valence-electron chi connectivity index (χ1n) is 7.43. The van der Waals surface area contributed by atoms with Crippen molar-refractivity contribution in [2.24, 2.45) is 0 Å². The zero-order valence-electron chi connectivity index (χ0n) is 13.1. The van der Waals surface area contributed by atoms with Crippen molar-refractivity contribution in [2.45, 2.75) is 6.54 Å². The number of para-hydroxylation sites is 1. The maximum Gasteiger partial charge on any atom is 0.261 e. The van der Waals surface area contributed by atoms with Gasteiger partial charge in [0.1, 0.15) is 11.6 Å². The van der Waals surface area contributed by atoms with E-state index in [1.807, 2.05) is 30.3 Å². The molecule has 1 N–H and O–H groups in total. The van der Waals surface area contributed by atoms with Crippen molar-refractivity contribution in [3.05, 3.63) is 76.9 Å². The Morgan fingerprint density at radius 1 is 1.08 bits per heavy atom. The van der Waals surface area contributed by atoms with E-state index in [4.69, 9.17) is 4.74 Å². The van der Waals surface area contributed by atoms with Crippen molar-refractivity contribution in [1.29, 1.82) is 0 Å². The van der Waals surface area contributed by atoms with Crippen molar-refractivity contribution in [3.63, 3.8) is 0 Å². The molecule has 0 spiro atoms. The van der Waals surface area contributed by atoms with Crippen LogP contribution >= 0.6 is 11.3 Å². The Hall–Kier alpha value is -2.66. The third-order valence-corrected chi connectivity index (χ3v) is 4.72. The van der Waals surface area contributed by atoms with Crippen molar-refractivity contribution >= 4 is 17.2 Å². The Morgan fingerprint density at radius 2 is 1.83 bits per heavy atom. The molecule has 0 radical (unpaired) electrons. The number of hydrogen-bond donors (Lipinski definition) is 1. The molecule has 3 aromatic rings. The lowest BCUT2D eigenvalue weighted by atomic mass is 10.2. The molecule has 0 aliphatic heterocycles. The number of rotatable bonds is 5. The highest BCUT2D eigenvalue weighted by molar-refractivity contribution is 7.17. The van der Waals surface area contributed by atoms with Crippen LogP contribution in [0.25, 0.3) is 10.4 Å². The molecule has 0 aliphatic rings. The fraction of sp³-hybridized carbons (Fsp3) is 0.105. The Labute approximate surface area is 143 Å². The molecule has 1 amide bonds. The molecular weight excluding hydrogens is 325 g/mol. The molecular formula is C19H16FNO2S. The zero-order chi connectivity index (χ0) is 16.9. The minimum Gasteiger partial charge on any atom is -0.496 e. The highest BCUT2D eigenvalue weighted by Gasteiger charge is 2.11. The van der Waals surface area contributed by atoms with Crippen molar-refractivity contribution in [3.8, 4) is 16.2 Å². The number of nitrogens with one attached hydrogen (secondary N) is 1. The molecule has 3 nitrogen and oxygen atoms in total. The van der Waals surface area contributed by atoms with E-state index < -0.39 is 0 Å². The molecule has 0 saturated carbocycles. The summed E-state index contributed by atoms with van der Waals surface area (Å²) in [5.41, 5.74) is 1.81. The van der Waals surface area contributed by atoms with Crippen LogP contribution in [0.2, 0.25) is 0 Å². The lowest BCUT2D eigenvalue weighted by Gasteiger charge is -2.08. The number of benzene rings is 2. The first-order valence-corrected chi connectivity index (χ1v) is 8.25. The standard InChI is InChI=1S/C19H16FNO2S/c1-23-16-5-3-2-4-14(16)12-21-19(22)18-11-10-17(24-18)13-6-8-15(20)9-7-13/h2-11H,12H2,1H3,(H,21,22). The Kier molecular flexibility index (Phi) is 4.91. The maximum absolute atomic E-state index is 13.0. The van der Waals surface area contributed by atoms with E-state index in [1.165, 1.54) is 23.5 Å². The SMILES string of the molecule is COc1ccccc1CNC(=O)c1ccc(-c2ccc(F)cc2)s1. The van der Waals surface area contributed by atoms with Crippen LogP contribution in [0.4, 0.5) is 4.39 Å². The van der Waals surface area contributed by atoms with Gasteiger partial charge in [-0.05, 0) is 35.9 Å². The summed E-state index contributed by atoms with van der Waals surface area (Å²) < 4.78 is 18.3. The van der Waals surface area contributed by atoms with Crippen LogP contribution in [0, 0.1) is 5.82 Å². The molecule has 0 aliphatic carbocycles. The molecule has 24 heavy (non-hydrogen) atoms. The minimum atomic E-state index is -0.273. The van der Waals surface area contributed by atoms with E-state index in [0.717, 1.165) is 21.8 Å². The van der Waals surface area contributed by atoms with Crippen LogP contribution in [0.5, 0.6) is 5.75 Å². The van der Waals surface area contributed by atoms with Crippen molar-refractivity contribution in [2.75, 3.05) is 7.11 Å². The zero-order valence-corrected chi connectivity index (χ0v) is 13.9. The summed E-state index contributed by atoms with van der Waals surface area (Å²) in [6.07, 6.45) is 0. The van der Waals surface area contributed by atoms with Crippen molar-refractivity contribution < 1.29 is 13.9 Å². The number of methoxy groups -OCH3 is 1. The van der Waals surface area contributed by atoms with Gasteiger partial charge >= 0.3 is 0 Å². The lowest BCUT2D eigenvalue weighted by molar-refractivity contribution is 0.0954. The first kappa shape index (κ1) is 16.2. The molecule has 3 rings (SSSR count). The molecule has 0 fully saturated rings. The summed E-state index contributed by atoms with van der Waals surface area (Å²) >= 11 is 1.38. The predicted octanol–water partition coefficient (Wildman–Crippen LogP) is 4.49. The van der Waals surface area contributed by atoms with E-state index in [-0.39, 0.29) is 11.7 Å². The maximum atomic E-state index is 13.0. The van der Waals surface area contributed by atoms with Gasteiger partial charge in [0, 0.05) is 17.0 Å². The third-order valence-electron chi connectivity index (χ3n) is 3.59. The number of ether oxygens (including phenoxy) is 1. The monoisotopic (exact) mass is 341 g/mol. The van der Waals surface area contributed by atoms with Gasteiger partial charge in [0.2, 0.25) is 0 Å². The average Bonchev–Trinajstić information content (AvgIpc) is 3.10. The summed E-state index contributed by atoms with van der Waals surface area (Å²) in [5.74, 6) is 0.334. The van der Waals surface area contributed by atoms with Gasteiger partial charge in [0.15, 0.2) is 0 Å². The largest absolute Gasteiger partial charge is 0.496 e. The van der Waals surface area contributed by atoms with Gasteiger partial charge in [-0.2, -0.15) is 0 Å². The molecule has 2 aromatic carbocycles. The van der Waals surface area contributed by atoms with Gasteiger partial charge in [-0.3, -0.25) is 4.79 Å². The highest BCUT2D eigenvalue weighted by atomic mass is 32.1. The summed E-state index contributed by atoms with van der Waals surface area (Å²) in [6, 6.07) is 17.5. The quantitative estimate of drug-likeness (QED) is 0.742. The van der Waals surface area contributed by atoms with Gasteiger partial charge in [0.05, 0.1) is 12.0 Å². The second-order valence-electron chi connectivity index (χ2n) is 5.17. The topological polar surface area (TPSA) is 38.3 Å². The highest BCUT2D eigenvalue weighted by Crippen LogP contribution is 2.28. The summed E-state index contributed by atoms with van der Waals surface area (Å²) in [4.78, 5) is 13.9. The summed E-state index contributed by atoms with van der Waals surface area (Å²) in [7, 11) is 1.61. The fourth-order valence-corrected chi connectivity index (χ4v) is 3.27. The lowest BCUT2D eigenvalue weighted by Crippen LogP contribution is -2.22. The number of carbonyl (C=O) groups is 1. The number of thiophene rings is 1. The Morgan fingerprint density at radius 3 is 2.58 bits per heavy atom. The second-order valence-corrected chi connectivity index (χ2v) is 6.25. The van der Waals surface area contributed by atoms with Crippen LogP contribution < -0.4 is 10.1 Å². The Bertz CT molecular complexity index is 843. The van der Waals surface area contributed by atoms with Crippen molar-refractivity contribution in [1.82, 2.24) is 5.32 Å². The number of carbonyl (C=O) groups excluding carboxylic acids is 1. The number of hydrogen-bond acceptors (Lipinski definition) is 3. The third kappa shape index (κ3) is 3.63. The molecule has 0 atom stereocenters.